The molecular weight excluding hydrogens is 366 g/mol. The van der Waals surface area contributed by atoms with E-state index in [1.807, 2.05) is 18.2 Å². The number of hydrogen-bond acceptors (Lipinski definition) is 4. The van der Waals surface area contributed by atoms with Crippen molar-refractivity contribution in [2.75, 3.05) is 32.4 Å². The molecule has 0 atom stereocenters. The summed E-state index contributed by atoms with van der Waals surface area (Å²) in [5.74, 6) is 0.0493. The third-order valence-corrected chi connectivity index (χ3v) is 6.54. The molecule has 2 amide bonds. The van der Waals surface area contributed by atoms with Crippen molar-refractivity contribution in [2.24, 2.45) is 5.92 Å². The Balaban J connectivity index is 1.42. The van der Waals surface area contributed by atoms with Gasteiger partial charge >= 0.3 is 0 Å². The Kier molecular flexibility index (Phi) is 5.67. The molecule has 1 saturated heterocycles. The number of piperidine rings is 1. The molecule has 2 aliphatic rings. The van der Waals surface area contributed by atoms with E-state index in [1.54, 1.807) is 11.0 Å². The van der Waals surface area contributed by atoms with Gasteiger partial charge in [-0.15, -0.1) is 0 Å². The molecular formula is C19H25N3O4S. The lowest BCUT2D eigenvalue weighted by Gasteiger charge is -2.30. The van der Waals surface area contributed by atoms with Gasteiger partial charge in [0, 0.05) is 49.4 Å². The predicted molar refractivity (Wildman–Crippen MR) is 103 cm³/mol. The van der Waals surface area contributed by atoms with Crippen LogP contribution in [0.15, 0.2) is 30.8 Å². The van der Waals surface area contributed by atoms with Crippen LogP contribution in [-0.2, 0) is 14.8 Å². The minimum atomic E-state index is -3.13. The number of fused-ring (bicyclic) bond motifs is 1. The maximum Gasteiger partial charge on any atom is 0.258 e. The average molecular weight is 391 g/mol. The van der Waals surface area contributed by atoms with Crippen molar-refractivity contribution in [3.63, 3.8) is 0 Å². The molecule has 1 N–H and O–H groups in total. The number of carbonyl (C=O) groups is 2. The topological polar surface area (TPSA) is 86.8 Å². The fourth-order valence-electron chi connectivity index (χ4n) is 3.58. The van der Waals surface area contributed by atoms with Crippen molar-refractivity contribution in [3.05, 3.63) is 42.0 Å². The molecule has 146 valence electrons. The van der Waals surface area contributed by atoms with Gasteiger partial charge in [0.15, 0.2) is 0 Å². The molecule has 0 unspecified atom stereocenters. The zero-order chi connectivity index (χ0) is 19.6. The van der Waals surface area contributed by atoms with Crippen LogP contribution in [0.25, 0.3) is 5.70 Å². The molecule has 27 heavy (non-hydrogen) atoms. The van der Waals surface area contributed by atoms with Crippen LogP contribution >= 0.6 is 0 Å². The molecule has 0 aromatic heterocycles. The zero-order valence-corrected chi connectivity index (χ0v) is 16.3. The van der Waals surface area contributed by atoms with Crippen LogP contribution in [-0.4, -0.2) is 61.9 Å². The quantitative estimate of drug-likeness (QED) is 0.792. The average Bonchev–Trinajstić information content (AvgIpc) is 2.89. The van der Waals surface area contributed by atoms with E-state index in [4.69, 9.17) is 0 Å². The van der Waals surface area contributed by atoms with Gasteiger partial charge in [-0.1, -0.05) is 24.8 Å². The van der Waals surface area contributed by atoms with Crippen molar-refractivity contribution in [1.29, 1.82) is 0 Å². The van der Waals surface area contributed by atoms with E-state index >= 15 is 0 Å². The summed E-state index contributed by atoms with van der Waals surface area (Å²) in [6, 6.07) is 7.31. The van der Waals surface area contributed by atoms with E-state index in [9.17, 15) is 18.0 Å². The number of nitrogens with one attached hydrogen (secondary N) is 1. The Bertz CT molecular complexity index is 822. The number of sulfonamides is 1. The highest BCUT2D eigenvalue weighted by Gasteiger charge is 2.30. The summed E-state index contributed by atoms with van der Waals surface area (Å²) in [4.78, 5) is 26.1. The Morgan fingerprint density at radius 1 is 1.22 bits per heavy atom. The van der Waals surface area contributed by atoms with Gasteiger partial charge in [-0.25, -0.2) is 12.7 Å². The number of benzene rings is 1. The molecule has 0 aliphatic carbocycles. The van der Waals surface area contributed by atoms with Crippen LogP contribution in [0.5, 0.6) is 0 Å². The van der Waals surface area contributed by atoms with Gasteiger partial charge in [0.1, 0.15) is 0 Å². The van der Waals surface area contributed by atoms with Crippen molar-refractivity contribution in [1.82, 2.24) is 14.5 Å². The third-order valence-electron chi connectivity index (χ3n) is 5.23. The summed E-state index contributed by atoms with van der Waals surface area (Å²) < 4.78 is 24.5. The highest BCUT2D eigenvalue weighted by Crippen LogP contribution is 2.31. The minimum Gasteiger partial charge on any atom is -0.356 e. The van der Waals surface area contributed by atoms with Crippen molar-refractivity contribution < 1.29 is 18.0 Å². The van der Waals surface area contributed by atoms with E-state index < -0.39 is 10.0 Å². The molecule has 2 heterocycles. The maximum atomic E-state index is 12.4. The highest BCUT2D eigenvalue weighted by atomic mass is 32.2. The monoisotopic (exact) mass is 391 g/mol. The second-order valence-electron chi connectivity index (χ2n) is 7.11. The maximum absolute atomic E-state index is 12.4. The molecule has 0 spiro atoms. The van der Waals surface area contributed by atoms with Crippen LogP contribution < -0.4 is 5.32 Å². The van der Waals surface area contributed by atoms with Gasteiger partial charge in [0.05, 0.1) is 6.26 Å². The molecule has 0 bridgehead atoms. The smallest absolute Gasteiger partial charge is 0.258 e. The molecule has 1 aromatic carbocycles. The van der Waals surface area contributed by atoms with Crippen molar-refractivity contribution in [2.45, 2.75) is 19.3 Å². The van der Waals surface area contributed by atoms with Crippen LogP contribution in [0.4, 0.5) is 0 Å². The first kappa shape index (κ1) is 19.6. The summed E-state index contributed by atoms with van der Waals surface area (Å²) in [5.41, 5.74) is 2.08. The second kappa shape index (κ2) is 7.82. The van der Waals surface area contributed by atoms with Crippen LogP contribution in [0.3, 0.4) is 0 Å². The lowest BCUT2D eigenvalue weighted by atomic mass is 9.98. The Morgan fingerprint density at radius 3 is 2.44 bits per heavy atom. The number of carbonyl (C=O) groups excluding carboxylic acids is 2. The first-order valence-corrected chi connectivity index (χ1v) is 10.9. The minimum absolute atomic E-state index is 0.114. The van der Waals surface area contributed by atoms with Crippen LogP contribution in [0.2, 0.25) is 0 Å². The number of rotatable bonds is 6. The molecule has 0 radical (unpaired) electrons. The Morgan fingerprint density at radius 2 is 1.85 bits per heavy atom. The fraction of sp³-hybridized carbons (Fsp3) is 0.474. The zero-order valence-electron chi connectivity index (χ0n) is 15.5. The van der Waals surface area contributed by atoms with E-state index in [2.05, 4.69) is 11.9 Å². The van der Waals surface area contributed by atoms with Gasteiger partial charge in [0.25, 0.3) is 5.91 Å². The second-order valence-corrected chi connectivity index (χ2v) is 9.09. The number of nitrogens with zero attached hydrogens (tertiary/aromatic N) is 2. The normalized spacial score (nSPS) is 18.6. The number of amides is 2. The third kappa shape index (κ3) is 4.39. The van der Waals surface area contributed by atoms with Crippen molar-refractivity contribution >= 4 is 27.5 Å². The molecule has 1 aromatic rings. The fourth-order valence-corrected chi connectivity index (χ4v) is 4.45. The standard InChI is InChI=1S/C19H25N3O4S/c1-14-16-5-3-4-6-17(16)19(24)22(14)12-9-18(23)20-13-15-7-10-21(11-8-15)27(2,25)26/h3-6,15H,1,7-13H2,2H3,(H,20,23). The molecule has 3 rings (SSSR count). The largest absolute Gasteiger partial charge is 0.356 e. The summed E-state index contributed by atoms with van der Waals surface area (Å²) >= 11 is 0. The first-order chi connectivity index (χ1) is 12.8. The van der Waals surface area contributed by atoms with E-state index in [0.29, 0.717) is 37.4 Å². The van der Waals surface area contributed by atoms with Crippen LogP contribution in [0, 0.1) is 5.92 Å². The lowest BCUT2D eigenvalue weighted by Crippen LogP contribution is -2.41. The van der Waals surface area contributed by atoms with Gasteiger partial charge in [-0.3, -0.25) is 9.59 Å². The molecule has 1 fully saturated rings. The Labute approximate surface area is 160 Å². The summed E-state index contributed by atoms with van der Waals surface area (Å²) in [7, 11) is -3.13. The first-order valence-electron chi connectivity index (χ1n) is 9.09. The van der Waals surface area contributed by atoms with E-state index in [-0.39, 0.29) is 24.2 Å². The predicted octanol–water partition coefficient (Wildman–Crippen LogP) is 1.29. The van der Waals surface area contributed by atoms with Gasteiger partial charge in [0.2, 0.25) is 15.9 Å². The van der Waals surface area contributed by atoms with Gasteiger partial charge < -0.3 is 10.2 Å². The van der Waals surface area contributed by atoms with Gasteiger partial charge in [-0.05, 0) is 24.8 Å². The summed E-state index contributed by atoms with van der Waals surface area (Å²) in [5, 5.41) is 2.91. The molecule has 2 aliphatic heterocycles. The van der Waals surface area contributed by atoms with E-state index in [1.165, 1.54) is 10.6 Å². The summed E-state index contributed by atoms with van der Waals surface area (Å²) in [6.45, 7) is 5.80. The van der Waals surface area contributed by atoms with Gasteiger partial charge in [-0.2, -0.15) is 0 Å². The Hall–Kier alpha value is -2.19. The number of hydrogen-bond donors (Lipinski definition) is 1. The van der Waals surface area contributed by atoms with Crippen LogP contribution in [0.1, 0.15) is 35.2 Å². The molecule has 7 nitrogen and oxygen atoms in total. The SMILES string of the molecule is C=C1c2ccccc2C(=O)N1CCC(=O)NCC1CCN(S(C)(=O)=O)CC1. The highest BCUT2D eigenvalue weighted by molar-refractivity contribution is 7.88. The van der Waals surface area contributed by atoms with E-state index in [0.717, 1.165) is 18.4 Å². The molecule has 0 saturated carbocycles. The van der Waals surface area contributed by atoms with Crippen molar-refractivity contribution in [3.8, 4) is 0 Å². The lowest BCUT2D eigenvalue weighted by molar-refractivity contribution is -0.121. The molecule has 8 heteroatoms. The summed E-state index contributed by atoms with van der Waals surface area (Å²) in [6.07, 6.45) is 2.91.